The Balaban J connectivity index is 0.00000289. The molecule has 176 valence electrons. The van der Waals surface area contributed by atoms with Gasteiger partial charge in [-0.15, -0.1) is 45.9 Å². The summed E-state index contributed by atoms with van der Waals surface area (Å²) in [6, 6.07) is 10.7. The van der Waals surface area contributed by atoms with Crippen LogP contribution < -0.4 is 5.32 Å². The zero-order valence-corrected chi connectivity index (χ0v) is 22.4. The Morgan fingerprint density at radius 2 is 2.03 bits per heavy atom. The maximum atomic E-state index is 4.95. The lowest BCUT2D eigenvalue weighted by Gasteiger charge is -2.21. The van der Waals surface area contributed by atoms with Gasteiger partial charge in [0.25, 0.3) is 0 Å². The second-order valence-corrected chi connectivity index (χ2v) is 9.65. The molecule has 0 spiro atoms. The number of aryl methyl sites for hydroxylation is 2. The van der Waals surface area contributed by atoms with Crippen molar-refractivity contribution in [2.75, 3.05) is 31.9 Å². The Kier molecular flexibility index (Phi) is 10.6. The molecule has 1 unspecified atom stereocenters. The number of fused-ring (bicyclic) bond motifs is 1. The van der Waals surface area contributed by atoms with Crippen molar-refractivity contribution >= 4 is 41.7 Å². The van der Waals surface area contributed by atoms with Gasteiger partial charge in [0.2, 0.25) is 0 Å². The van der Waals surface area contributed by atoms with Gasteiger partial charge >= 0.3 is 0 Å². The van der Waals surface area contributed by atoms with E-state index in [9.17, 15) is 0 Å². The van der Waals surface area contributed by atoms with E-state index in [4.69, 9.17) is 4.99 Å². The molecule has 6 nitrogen and oxygen atoms in total. The maximum Gasteiger partial charge on any atom is 0.193 e. The summed E-state index contributed by atoms with van der Waals surface area (Å²) < 4.78 is 2.36. The molecule has 1 saturated heterocycles. The first-order valence-electron chi connectivity index (χ1n) is 12.0. The number of hydrogen-bond acceptors (Lipinski definition) is 4. The van der Waals surface area contributed by atoms with Crippen LogP contribution in [0.3, 0.4) is 0 Å². The molecule has 1 atom stereocenters. The van der Waals surface area contributed by atoms with Crippen LogP contribution in [0.4, 0.5) is 0 Å². The minimum Gasteiger partial charge on any atom is -0.357 e. The molecule has 1 fully saturated rings. The van der Waals surface area contributed by atoms with Gasteiger partial charge in [-0.1, -0.05) is 24.6 Å². The summed E-state index contributed by atoms with van der Waals surface area (Å²) in [4.78, 5) is 8.76. The molecule has 1 N–H and O–H groups in total. The topological polar surface area (TPSA) is 58.3 Å². The molecule has 2 aliphatic heterocycles. The van der Waals surface area contributed by atoms with Crippen LogP contribution in [0.25, 0.3) is 0 Å². The Morgan fingerprint density at radius 1 is 1.16 bits per heavy atom. The van der Waals surface area contributed by atoms with E-state index in [0.29, 0.717) is 0 Å². The number of likely N-dealkylation sites (tertiary alicyclic amines) is 1. The van der Waals surface area contributed by atoms with Gasteiger partial charge in [0, 0.05) is 56.2 Å². The van der Waals surface area contributed by atoms with Crippen molar-refractivity contribution in [3.8, 4) is 0 Å². The van der Waals surface area contributed by atoms with Gasteiger partial charge in [-0.05, 0) is 50.7 Å². The smallest absolute Gasteiger partial charge is 0.193 e. The number of benzene rings is 1. The van der Waals surface area contributed by atoms with E-state index >= 15 is 0 Å². The van der Waals surface area contributed by atoms with Gasteiger partial charge in [-0.2, -0.15) is 0 Å². The van der Waals surface area contributed by atoms with Crippen molar-refractivity contribution in [1.82, 2.24) is 25.0 Å². The highest BCUT2D eigenvalue weighted by Crippen LogP contribution is 2.26. The van der Waals surface area contributed by atoms with E-state index in [1.807, 2.05) is 11.8 Å². The standard InChI is InChI=1S/C24H36N6S.HI/c1-2-25-24(29-17-14-20(18-29)19-31-21-10-5-3-6-11-21)26-15-9-13-23-28-27-22-12-7-4-8-16-30(22)23;/h3,5-6,10-11,20H,2,4,7-9,12-19H2,1H3,(H,25,26);1H. The summed E-state index contributed by atoms with van der Waals surface area (Å²) in [6.07, 6.45) is 8.11. The number of aliphatic imine (C=N–C) groups is 1. The van der Waals surface area contributed by atoms with Gasteiger partial charge < -0.3 is 14.8 Å². The van der Waals surface area contributed by atoms with Crippen LogP contribution in [0.15, 0.2) is 40.2 Å². The fourth-order valence-electron chi connectivity index (χ4n) is 4.47. The fraction of sp³-hybridized carbons (Fsp3) is 0.625. The van der Waals surface area contributed by atoms with Crippen molar-refractivity contribution in [3.63, 3.8) is 0 Å². The molecular weight excluding hydrogens is 531 g/mol. The number of hydrogen-bond donors (Lipinski definition) is 1. The van der Waals surface area contributed by atoms with Crippen LogP contribution in [0.2, 0.25) is 0 Å². The summed E-state index contributed by atoms with van der Waals surface area (Å²) in [7, 11) is 0. The van der Waals surface area contributed by atoms with E-state index < -0.39 is 0 Å². The average Bonchev–Trinajstić information content (AvgIpc) is 3.35. The number of nitrogens with zero attached hydrogens (tertiary/aromatic N) is 5. The molecule has 0 bridgehead atoms. The monoisotopic (exact) mass is 568 g/mol. The van der Waals surface area contributed by atoms with Crippen LogP contribution >= 0.6 is 35.7 Å². The predicted molar refractivity (Wildman–Crippen MR) is 144 cm³/mol. The summed E-state index contributed by atoms with van der Waals surface area (Å²) in [5.41, 5.74) is 0. The van der Waals surface area contributed by atoms with Crippen LogP contribution in [0.5, 0.6) is 0 Å². The Hall–Kier alpha value is -1.29. The second kappa shape index (κ2) is 13.4. The summed E-state index contributed by atoms with van der Waals surface area (Å²) in [5, 5.41) is 12.4. The van der Waals surface area contributed by atoms with Crippen LogP contribution in [0, 0.1) is 5.92 Å². The van der Waals surface area contributed by atoms with Crippen LogP contribution in [-0.4, -0.2) is 57.6 Å². The molecule has 0 saturated carbocycles. The lowest BCUT2D eigenvalue weighted by atomic mass is 10.2. The fourth-order valence-corrected chi connectivity index (χ4v) is 5.52. The minimum atomic E-state index is 0. The first-order valence-corrected chi connectivity index (χ1v) is 12.9. The predicted octanol–water partition coefficient (Wildman–Crippen LogP) is 4.63. The number of rotatable bonds is 8. The third-order valence-corrected chi connectivity index (χ3v) is 7.40. The molecule has 4 rings (SSSR count). The normalized spacial score (nSPS) is 18.7. The van der Waals surface area contributed by atoms with Crippen LogP contribution in [0.1, 0.15) is 50.7 Å². The van der Waals surface area contributed by atoms with Crippen molar-refractivity contribution in [2.24, 2.45) is 10.9 Å². The molecule has 0 aliphatic carbocycles. The molecular formula is C24H37IN6S. The van der Waals surface area contributed by atoms with E-state index in [1.165, 1.54) is 42.2 Å². The molecule has 3 heterocycles. The van der Waals surface area contributed by atoms with Gasteiger partial charge in [0.05, 0.1) is 0 Å². The van der Waals surface area contributed by atoms with Crippen molar-refractivity contribution in [3.05, 3.63) is 42.0 Å². The third-order valence-electron chi connectivity index (χ3n) is 6.16. The van der Waals surface area contributed by atoms with Crippen molar-refractivity contribution in [2.45, 2.75) is 63.3 Å². The molecule has 32 heavy (non-hydrogen) atoms. The van der Waals surface area contributed by atoms with Gasteiger partial charge in [0.15, 0.2) is 5.96 Å². The Labute approximate surface area is 214 Å². The molecule has 0 radical (unpaired) electrons. The summed E-state index contributed by atoms with van der Waals surface area (Å²) >= 11 is 1.98. The number of guanidine groups is 1. The number of halogens is 1. The van der Waals surface area contributed by atoms with Crippen LogP contribution in [-0.2, 0) is 19.4 Å². The highest BCUT2D eigenvalue weighted by Gasteiger charge is 2.25. The van der Waals surface area contributed by atoms with E-state index in [-0.39, 0.29) is 24.0 Å². The van der Waals surface area contributed by atoms with Crippen molar-refractivity contribution in [1.29, 1.82) is 0 Å². The van der Waals surface area contributed by atoms with Gasteiger partial charge in [-0.25, -0.2) is 0 Å². The summed E-state index contributed by atoms with van der Waals surface area (Å²) in [5.74, 6) is 5.31. The minimum absolute atomic E-state index is 0. The zero-order chi connectivity index (χ0) is 21.3. The number of nitrogens with one attached hydrogen (secondary N) is 1. The van der Waals surface area contributed by atoms with E-state index in [0.717, 1.165) is 69.7 Å². The Bertz CT molecular complexity index is 840. The first kappa shape index (κ1) is 25.3. The largest absolute Gasteiger partial charge is 0.357 e. The summed E-state index contributed by atoms with van der Waals surface area (Å²) in [6.45, 7) is 7.19. The second-order valence-electron chi connectivity index (χ2n) is 8.56. The van der Waals surface area contributed by atoms with E-state index in [2.05, 4.69) is 62.2 Å². The SMILES string of the molecule is CCNC(=NCCCc1nnc2n1CCCCC2)N1CCC(CSc2ccccc2)C1.I. The molecule has 2 aromatic rings. The first-order chi connectivity index (χ1) is 15.3. The van der Waals surface area contributed by atoms with Gasteiger partial charge in [0.1, 0.15) is 11.6 Å². The molecule has 1 aromatic carbocycles. The van der Waals surface area contributed by atoms with E-state index in [1.54, 1.807) is 0 Å². The third kappa shape index (κ3) is 7.10. The highest BCUT2D eigenvalue weighted by molar-refractivity contribution is 14.0. The van der Waals surface area contributed by atoms with Crippen molar-refractivity contribution < 1.29 is 0 Å². The average molecular weight is 569 g/mol. The lowest BCUT2D eigenvalue weighted by Crippen LogP contribution is -2.40. The maximum absolute atomic E-state index is 4.95. The molecule has 2 aliphatic rings. The number of aromatic nitrogens is 3. The lowest BCUT2D eigenvalue weighted by molar-refractivity contribution is 0.474. The Morgan fingerprint density at radius 3 is 2.88 bits per heavy atom. The number of thioether (sulfide) groups is 1. The molecule has 0 amide bonds. The zero-order valence-electron chi connectivity index (χ0n) is 19.2. The molecule has 8 heteroatoms. The quantitative estimate of drug-likeness (QED) is 0.166. The van der Waals surface area contributed by atoms with Gasteiger partial charge in [-0.3, -0.25) is 4.99 Å². The molecule has 1 aromatic heterocycles. The highest BCUT2D eigenvalue weighted by atomic mass is 127.